The number of hydrogen-bond acceptors (Lipinski definition) is 6. The minimum Gasteiger partial charge on any atom is -0.327 e. The lowest BCUT2D eigenvalue weighted by Crippen LogP contribution is -2.41. The Labute approximate surface area is 147 Å². The van der Waals surface area contributed by atoms with Gasteiger partial charge in [0.15, 0.2) is 16.7 Å². The molecule has 9 heteroatoms. The highest BCUT2D eigenvalue weighted by Gasteiger charge is 2.34. The first-order valence-electron chi connectivity index (χ1n) is 7.80. The van der Waals surface area contributed by atoms with Crippen molar-refractivity contribution < 1.29 is 9.18 Å². The fourth-order valence-electron chi connectivity index (χ4n) is 2.92. The summed E-state index contributed by atoms with van der Waals surface area (Å²) in [5.41, 5.74) is 0.870. The first-order valence-corrected chi connectivity index (χ1v) is 8.58. The predicted molar refractivity (Wildman–Crippen MR) is 89.0 cm³/mol. The maximum Gasteiger partial charge on any atom is 0.243 e. The smallest absolute Gasteiger partial charge is 0.243 e. The number of benzene rings is 1. The summed E-state index contributed by atoms with van der Waals surface area (Å²) in [6.45, 7) is 4.28. The molecule has 0 aliphatic carbocycles. The van der Waals surface area contributed by atoms with Gasteiger partial charge in [-0.15, -0.1) is 10.2 Å². The Morgan fingerprint density at radius 1 is 1.28 bits per heavy atom. The molecule has 3 aromatic rings. The molecule has 1 aliphatic rings. The number of carbonyl (C=O) groups is 1. The molecular formula is C16H15FN6OS. The normalized spacial score (nSPS) is 17.0. The number of aryl methyl sites for hydroxylation is 1. The van der Waals surface area contributed by atoms with E-state index in [1.807, 2.05) is 13.8 Å². The quantitative estimate of drug-likeness (QED) is 0.718. The van der Waals surface area contributed by atoms with Gasteiger partial charge in [-0.2, -0.15) is 4.37 Å². The van der Waals surface area contributed by atoms with Gasteiger partial charge in [-0.3, -0.25) is 9.36 Å². The Bertz CT molecular complexity index is 935. The zero-order chi connectivity index (χ0) is 17.6. The van der Waals surface area contributed by atoms with Crippen molar-refractivity contribution in [2.75, 3.05) is 0 Å². The van der Waals surface area contributed by atoms with Crippen LogP contribution in [0.5, 0.6) is 0 Å². The lowest BCUT2D eigenvalue weighted by molar-refractivity contribution is -0.136. The molecule has 4 rings (SSSR count). The minimum absolute atomic E-state index is 0.0355. The summed E-state index contributed by atoms with van der Waals surface area (Å²) < 4.78 is 19.0. The summed E-state index contributed by atoms with van der Waals surface area (Å²) in [5.74, 6) is 1.63. The molecule has 1 aliphatic heterocycles. The lowest BCUT2D eigenvalue weighted by atomic mass is 10.1. The molecule has 128 valence electrons. The number of fused-ring (bicyclic) bond motifs is 1. The predicted octanol–water partition coefficient (Wildman–Crippen LogP) is 2.35. The fourth-order valence-corrected chi connectivity index (χ4v) is 3.58. The standard InChI is InChI=1S/C16H15FN6OS/c1-9-14-19-20-15(16-18-10(2)21-25-16)23(14)8-13(24)22(9)7-11-3-5-12(17)6-4-11/h3-6,9H,7-8H2,1-2H3/t9-/m1/s1. The van der Waals surface area contributed by atoms with Crippen molar-refractivity contribution in [3.63, 3.8) is 0 Å². The molecule has 0 N–H and O–H groups in total. The number of aromatic nitrogens is 5. The Balaban J connectivity index is 1.64. The van der Waals surface area contributed by atoms with Gasteiger partial charge >= 0.3 is 0 Å². The Morgan fingerprint density at radius 3 is 2.72 bits per heavy atom. The average Bonchev–Trinajstić information content (AvgIpc) is 3.19. The molecule has 0 radical (unpaired) electrons. The van der Waals surface area contributed by atoms with Crippen LogP contribution in [-0.4, -0.2) is 34.9 Å². The van der Waals surface area contributed by atoms with E-state index in [1.54, 1.807) is 21.6 Å². The van der Waals surface area contributed by atoms with Crippen LogP contribution < -0.4 is 0 Å². The minimum atomic E-state index is -0.293. The van der Waals surface area contributed by atoms with E-state index in [4.69, 9.17) is 0 Å². The van der Waals surface area contributed by atoms with Crippen LogP contribution >= 0.6 is 11.5 Å². The molecule has 0 saturated heterocycles. The van der Waals surface area contributed by atoms with Crippen LogP contribution in [0.15, 0.2) is 24.3 Å². The van der Waals surface area contributed by atoms with Gasteiger partial charge in [0.25, 0.3) is 0 Å². The molecule has 0 spiro atoms. The van der Waals surface area contributed by atoms with Gasteiger partial charge in [-0.25, -0.2) is 9.37 Å². The second kappa shape index (κ2) is 5.99. The summed E-state index contributed by atoms with van der Waals surface area (Å²) in [5, 5.41) is 9.13. The van der Waals surface area contributed by atoms with Crippen LogP contribution in [0.2, 0.25) is 0 Å². The molecule has 7 nitrogen and oxygen atoms in total. The van der Waals surface area contributed by atoms with Crippen molar-refractivity contribution in [1.29, 1.82) is 0 Å². The highest BCUT2D eigenvalue weighted by Crippen LogP contribution is 2.30. The van der Waals surface area contributed by atoms with Crippen molar-refractivity contribution in [3.05, 3.63) is 47.3 Å². The van der Waals surface area contributed by atoms with Crippen molar-refractivity contribution >= 4 is 17.4 Å². The molecule has 0 fully saturated rings. The monoisotopic (exact) mass is 358 g/mol. The Morgan fingerprint density at radius 2 is 2.04 bits per heavy atom. The van der Waals surface area contributed by atoms with E-state index in [1.165, 1.54) is 23.7 Å². The van der Waals surface area contributed by atoms with Gasteiger partial charge in [-0.1, -0.05) is 12.1 Å². The third-order valence-corrected chi connectivity index (χ3v) is 5.02. The van der Waals surface area contributed by atoms with E-state index in [2.05, 4.69) is 19.6 Å². The van der Waals surface area contributed by atoms with Crippen LogP contribution in [0.3, 0.4) is 0 Å². The van der Waals surface area contributed by atoms with Crippen molar-refractivity contribution in [2.45, 2.75) is 33.0 Å². The van der Waals surface area contributed by atoms with Crippen LogP contribution in [0.4, 0.5) is 4.39 Å². The average molecular weight is 358 g/mol. The molecule has 1 aromatic carbocycles. The van der Waals surface area contributed by atoms with Gasteiger partial charge in [0.05, 0.1) is 6.04 Å². The zero-order valence-corrected chi connectivity index (χ0v) is 14.5. The van der Waals surface area contributed by atoms with Gasteiger partial charge in [0, 0.05) is 6.54 Å². The molecule has 25 heavy (non-hydrogen) atoms. The highest BCUT2D eigenvalue weighted by molar-refractivity contribution is 7.09. The number of halogens is 1. The molecule has 0 bridgehead atoms. The van der Waals surface area contributed by atoms with Crippen molar-refractivity contribution in [2.24, 2.45) is 0 Å². The van der Waals surface area contributed by atoms with E-state index in [9.17, 15) is 9.18 Å². The first-order chi connectivity index (χ1) is 12.0. The summed E-state index contributed by atoms with van der Waals surface area (Å²) in [4.78, 5) is 18.7. The molecule has 1 amide bonds. The van der Waals surface area contributed by atoms with Gasteiger partial charge < -0.3 is 4.90 Å². The fraction of sp³-hybridized carbons (Fsp3) is 0.312. The second-order valence-corrected chi connectivity index (χ2v) is 6.69. The van der Waals surface area contributed by atoms with Gasteiger partial charge in [0.2, 0.25) is 5.91 Å². The molecule has 1 atom stereocenters. The van der Waals surface area contributed by atoms with Gasteiger partial charge in [-0.05, 0) is 43.1 Å². The lowest BCUT2D eigenvalue weighted by Gasteiger charge is -2.33. The topological polar surface area (TPSA) is 76.8 Å². The van der Waals surface area contributed by atoms with Crippen LogP contribution in [0.25, 0.3) is 10.8 Å². The van der Waals surface area contributed by atoms with Gasteiger partial charge in [0.1, 0.15) is 18.2 Å². The highest BCUT2D eigenvalue weighted by atomic mass is 32.1. The third kappa shape index (κ3) is 2.80. The van der Waals surface area contributed by atoms with Crippen molar-refractivity contribution in [3.8, 4) is 10.8 Å². The molecule has 2 aromatic heterocycles. The summed E-state index contributed by atoms with van der Waals surface area (Å²) in [7, 11) is 0. The summed E-state index contributed by atoms with van der Waals surface area (Å²) in [6.07, 6.45) is 0. The first kappa shape index (κ1) is 15.8. The molecule has 0 unspecified atom stereocenters. The second-order valence-electron chi connectivity index (χ2n) is 5.94. The zero-order valence-electron chi connectivity index (χ0n) is 13.7. The Hall–Kier alpha value is -2.68. The summed E-state index contributed by atoms with van der Waals surface area (Å²) in [6, 6.07) is 5.93. The largest absolute Gasteiger partial charge is 0.327 e. The number of carbonyl (C=O) groups excluding carboxylic acids is 1. The van der Waals surface area contributed by atoms with E-state index >= 15 is 0 Å². The molecule has 3 heterocycles. The molecular weight excluding hydrogens is 343 g/mol. The molecule has 0 saturated carbocycles. The maximum absolute atomic E-state index is 13.1. The number of amides is 1. The number of rotatable bonds is 3. The van der Waals surface area contributed by atoms with Crippen molar-refractivity contribution in [1.82, 2.24) is 29.0 Å². The number of hydrogen-bond donors (Lipinski definition) is 0. The van der Waals surface area contributed by atoms with Crippen LogP contribution in [0, 0.1) is 12.7 Å². The van der Waals surface area contributed by atoms with E-state index in [0.717, 1.165) is 5.56 Å². The Kier molecular flexibility index (Phi) is 3.79. The maximum atomic E-state index is 13.1. The van der Waals surface area contributed by atoms with Crippen LogP contribution in [-0.2, 0) is 17.9 Å². The van der Waals surface area contributed by atoms with E-state index in [-0.39, 0.29) is 24.3 Å². The van der Waals surface area contributed by atoms with E-state index < -0.39 is 0 Å². The van der Waals surface area contributed by atoms with Crippen LogP contribution in [0.1, 0.15) is 30.2 Å². The SMILES string of the molecule is Cc1nsc(-c2nnc3n2CC(=O)N(Cc2ccc(F)cc2)[C@@H]3C)n1. The number of nitrogens with zero attached hydrogens (tertiary/aromatic N) is 6. The third-order valence-electron chi connectivity index (χ3n) is 4.22. The van der Waals surface area contributed by atoms with E-state index in [0.29, 0.717) is 29.0 Å². The summed E-state index contributed by atoms with van der Waals surface area (Å²) >= 11 is 1.24.